The Morgan fingerprint density at radius 2 is 2.29 bits per heavy atom. The predicted molar refractivity (Wildman–Crippen MR) is 66.0 cm³/mol. The Labute approximate surface area is 105 Å². The number of benzene rings is 1. The minimum absolute atomic E-state index is 0.290. The molecule has 1 aromatic carbocycles. The third-order valence-corrected chi connectivity index (χ3v) is 2.78. The van der Waals surface area contributed by atoms with E-state index in [1.165, 1.54) is 6.20 Å². The maximum Gasteiger partial charge on any atom is 0.338 e. The molecule has 5 nitrogen and oxygen atoms in total. The van der Waals surface area contributed by atoms with Crippen LogP contribution in [0.25, 0.3) is 11.0 Å². The fraction of sp³-hybridized carbons (Fsp3) is 0.182. The molecule has 1 aromatic heterocycles. The molecule has 0 saturated carbocycles. The Hall–Kier alpha value is -1.69. The van der Waals surface area contributed by atoms with Gasteiger partial charge in [-0.2, -0.15) is 0 Å². The van der Waals surface area contributed by atoms with E-state index < -0.39 is 5.97 Å². The largest absolute Gasteiger partial charge is 0.462 e. The van der Waals surface area contributed by atoms with Crippen LogP contribution in [0.3, 0.4) is 0 Å². The number of hydrogen-bond acceptors (Lipinski definition) is 4. The number of ether oxygens (including phenoxy) is 1. The van der Waals surface area contributed by atoms with Crippen LogP contribution in [0.1, 0.15) is 17.3 Å². The summed E-state index contributed by atoms with van der Waals surface area (Å²) in [6.45, 7) is 2.05. The Kier molecular flexibility index (Phi) is 3.23. The lowest BCUT2D eigenvalue weighted by Crippen LogP contribution is -2.08. The smallest absolute Gasteiger partial charge is 0.338 e. The van der Waals surface area contributed by atoms with Crippen molar-refractivity contribution in [1.29, 1.82) is 0 Å². The molecule has 0 radical (unpaired) electrons. The van der Waals surface area contributed by atoms with Crippen molar-refractivity contribution >= 4 is 32.9 Å². The van der Waals surface area contributed by atoms with Crippen molar-refractivity contribution in [2.24, 2.45) is 0 Å². The minimum atomic E-state index is -0.414. The fourth-order valence-corrected chi connectivity index (χ4v) is 1.98. The van der Waals surface area contributed by atoms with E-state index in [1.54, 1.807) is 19.1 Å². The van der Waals surface area contributed by atoms with Crippen LogP contribution in [0, 0.1) is 0 Å². The van der Waals surface area contributed by atoms with E-state index in [4.69, 9.17) is 4.74 Å². The number of hydrogen-bond donors (Lipinski definition) is 1. The Morgan fingerprint density at radius 3 is 3.00 bits per heavy atom. The molecule has 0 spiro atoms. The average Bonchev–Trinajstić information content (AvgIpc) is 2.30. The first kappa shape index (κ1) is 11.8. The van der Waals surface area contributed by atoms with Crippen LogP contribution >= 0.6 is 15.9 Å². The summed E-state index contributed by atoms with van der Waals surface area (Å²) in [5, 5.41) is 0. The van der Waals surface area contributed by atoms with Gasteiger partial charge in [-0.25, -0.2) is 9.78 Å². The van der Waals surface area contributed by atoms with Gasteiger partial charge in [0.1, 0.15) is 0 Å². The SMILES string of the molecule is CCOC(=O)c1cc(Br)c2[nH]c(=O)cnc2c1. The van der Waals surface area contributed by atoms with Gasteiger partial charge in [-0.3, -0.25) is 4.79 Å². The number of carbonyl (C=O) groups excluding carboxylic acids is 1. The molecular formula is C11H9BrN2O3. The quantitative estimate of drug-likeness (QED) is 0.859. The van der Waals surface area contributed by atoms with Gasteiger partial charge in [0.2, 0.25) is 0 Å². The second kappa shape index (κ2) is 4.67. The summed E-state index contributed by atoms with van der Waals surface area (Å²) >= 11 is 3.28. The van der Waals surface area contributed by atoms with Gasteiger partial charge in [0.05, 0.1) is 29.4 Å². The molecule has 0 aliphatic carbocycles. The molecule has 2 aromatic rings. The number of aromatic amines is 1. The second-order valence-electron chi connectivity index (χ2n) is 3.32. The summed E-state index contributed by atoms with van der Waals surface area (Å²) in [6, 6.07) is 3.17. The van der Waals surface area contributed by atoms with E-state index in [0.717, 1.165) is 0 Å². The number of halogens is 1. The van der Waals surface area contributed by atoms with Crippen LogP contribution < -0.4 is 5.56 Å². The van der Waals surface area contributed by atoms with Crippen LogP contribution in [0.4, 0.5) is 0 Å². The molecule has 1 heterocycles. The van der Waals surface area contributed by atoms with E-state index in [9.17, 15) is 9.59 Å². The highest BCUT2D eigenvalue weighted by atomic mass is 79.9. The van der Waals surface area contributed by atoms with Crippen LogP contribution in [0.15, 0.2) is 27.6 Å². The lowest BCUT2D eigenvalue weighted by atomic mass is 10.2. The van der Waals surface area contributed by atoms with Gasteiger partial charge in [-0.1, -0.05) is 0 Å². The van der Waals surface area contributed by atoms with Crippen molar-refractivity contribution < 1.29 is 9.53 Å². The maximum absolute atomic E-state index is 11.6. The predicted octanol–water partition coefficient (Wildman–Crippen LogP) is 1.86. The molecule has 0 aliphatic rings. The van der Waals surface area contributed by atoms with Gasteiger partial charge in [0.25, 0.3) is 5.56 Å². The molecule has 2 rings (SSSR count). The van der Waals surface area contributed by atoms with E-state index >= 15 is 0 Å². The zero-order valence-corrected chi connectivity index (χ0v) is 10.6. The third-order valence-electron chi connectivity index (χ3n) is 2.15. The summed E-state index contributed by atoms with van der Waals surface area (Å²) in [7, 11) is 0. The van der Waals surface area contributed by atoms with Gasteiger partial charge in [-0.05, 0) is 35.0 Å². The number of H-pyrrole nitrogens is 1. The molecule has 0 bridgehead atoms. The lowest BCUT2D eigenvalue weighted by Gasteiger charge is -2.04. The summed E-state index contributed by atoms with van der Waals surface area (Å²) in [5.74, 6) is -0.414. The van der Waals surface area contributed by atoms with Gasteiger partial charge in [0.15, 0.2) is 0 Å². The molecule has 0 aliphatic heterocycles. The summed E-state index contributed by atoms with van der Waals surface area (Å²) in [5.41, 5.74) is 1.19. The normalized spacial score (nSPS) is 10.5. The zero-order chi connectivity index (χ0) is 12.4. The first-order chi connectivity index (χ1) is 8.11. The van der Waals surface area contributed by atoms with Gasteiger partial charge < -0.3 is 9.72 Å². The van der Waals surface area contributed by atoms with Crippen LogP contribution in [0.2, 0.25) is 0 Å². The van der Waals surface area contributed by atoms with Crippen molar-refractivity contribution in [2.75, 3.05) is 6.61 Å². The number of esters is 1. The number of rotatable bonds is 2. The summed E-state index contributed by atoms with van der Waals surface area (Å²) in [4.78, 5) is 29.3. The molecule has 0 atom stereocenters. The topological polar surface area (TPSA) is 72.1 Å². The Morgan fingerprint density at radius 1 is 1.53 bits per heavy atom. The number of aromatic nitrogens is 2. The van der Waals surface area contributed by atoms with Crippen molar-refractivity contribution in [1.82, 2.24) is 9.97 Å². The van der Waals surface area contributed by atoms with Crippen LogP contribution in [-0.4, -0.2) is 22.5 Å². The van der Waals surface area contributed by atoms with E-state index in [1.807, 2.05) is 0 Å². The van der Waals surface area contributed by atoms with E-state index in [2.05, 4.69) is 25.9 Å². The standard InChI is InChI=1S/C11H9BrN2O3/c1-2-17-11(16)6-3-7(12)10-8(4-6)13-5-9(15)14-10/h3-5H,2H2,1H3,(H,14,15). The van der Waals surface area contributed by atoms with Gasteiger partial charge >= 0.3 is 5.97 Å². The van der Waals surface area contributed by atoms with Crippen molar-refractivity contribution in [3.05, 3.63) is 38.7 Å². The van der Waals surface area contributed by atoms with Gasteiger partial charge in [-0.15, -0.1) is 0 Å². The molecule has 0 unspecified atom stereocenters. The van der Waals surface area contributed by atoms with Crippen molar-refractivity contribution in [3.63, 3.8) is 0 Å². The highest BCUT2D eigenvalue weighted by Gasteiger charge is 2.11. The van der Waals surface area contributed by atoms with Crippen LogP contribution in [0.5, 0.6) is 0 Å². The molecule has 0 amide bonds. The minimum Gasteiger partial charge on any atom is -0.462 e. The highest BCUT2D eigenvalue weighted by Crippen LogP contribution is 2.22. The number of nitrogens with zero attached hydrogens (tertiary/aromatic N) is 1. The van der Waals surface area contributed by atoms with E-state index in [-0.39, 0.29) is 5.56 Å². The fourth-order valence-electron chi connectivity index (χ4n) is 1.43. The molecule has 6 heteroatoms. The highest BCUT2D eigenvalue weighted by molar-refractivity contribution is 9.10. The lowest BCUT2D eigenvalue weighted by molar-refractivity contribution is 0.0526. The second-order valence-corrected chi connectivity index (χ2v) is 4.17. The Bertz CT molecular complexity index is 636. The molecular weight excluding hydrogens is 288 g/mol. The maximum atomic E-state index is 11.6. The third kappa shape index (κ3) is 2.36. The molecule has 0 fully saturated rings. The van der Waals surface area contributed by atoms with Crippen LogP contribution in [-0.2, 0) is 4.74 Å². The Balaban J connectivity index is 2.60. The number of fused-ring (bicyclic) bond motifs is 1. The van der Waals surface area contributed by atoms with Crippen molar-refractivity contribution in [2.45, 2.75) is 6.92 Å². The van der Waals surface area contributed by atoms with Crippen molar-refractivity contribution in [3.8, 4) is 0 Å². The number of nitrogens with one attached hydrogen (secondary N) is 1. The molecule has 17 heavy (non-hydrogen) atoms. The number of carbonyl (C=O) groups is 1. The summed E-state index contributed by atoms with van der Waals surface area (Å²) < 4.78 is 5.50. The summed E-state index contributed by atoms with van der Waals surface area (Å²) in [6.07, 6.45) is 1.17. The molecule has 88 valence electrons. The molecule has 0 saturated heterocycles. The monoisotopic (exact) mass is 296 g/mol. The molecule has 1 N–H and O–H groups in total. The van der Waals surface area contributed by atoms with E-state index in [0.29, 0.717) is 27.7 Å². The average molecular weight is 297 g/mol. The first-order valence-electron chi connectivity index (χ1n) is 4.97. The first-order valence-corrected chi connectivity index (χ1v) is 5.77. The zero-order valence-electron chi connectivity index (χ0n) is 8.99. The van der Waals surface area contributed by atoms with Gasteiger partial charge in [0, 0.05) is 4.47 Å².